The molecule has 1 aliphatic rings. The third-order valence-corrected chi connectivity index (χ3v) is 2.89. The third-order valence-electron chi connectivity index (χ3n) is 1.86. The summed E-state index contributed by atoms with van der Waals surface area (Å²) >= 11 is 1.78. The predicted molar refractivity (Wildman–Crippen MR) is 58.0 cm³/mol. The van der Waals surface area contributed by atoms with E-state index >= 15 is 0 Å². The molecule has 1 aromatic carbocycles. The van der Waals surface area contributed by atoms with E-state index in [1.807, 2.05) is 6.07 Å². The van der Waals surface area contributed by atoms with Crippen molar-refractivity contribution in [2.24, 2.45) is 4.99 Å². The van der Waals surface area contributed by atoms with Crippen LogP contribution >= 0.6 is 11.8 Å². The summed E-state index contributed by atoms with van der Waals surface area (Å²) in [6.45, 7) is 1.92. The Labute approximate surface area is 94.6 Å². The monoisotopic (exact) mass is 227 g/mol. The van der Waals surface area contributed by atoms with Gasteiger partial charge in [-0.25, -0.2) is 0 Å². The average molecular weight is 228 g/mol. The number of amidine groups is 1. The van der Waals surface area contributed by atoms with Gasteiger partial charge in [-0.3, -0.25) is 4.99 Å². The SMILES string of the molecule is [Cl-].c1ccc(CSC2=NCCN2)cc1. The zero-order chi connectivity index (χ0) is 8.93. The fraction of sp³-hybridized carbons (Fsp3) is 0.300. The molecular weight excluding hydrogens is 216 g/mol. The predicted octanol–water partition coefficient (Wildman–Crippen LogP) is -1.12. The van der Waals surface area contributed by atoms with Crippen LogP contribution < -0.4 is 17.7 Å². The van der Waals surface area contributed by atoms with Gasteiger partial charge in [0.2, 0.25) is 0 Å². The van der Waals surface area contributed by atoms with Crippen molar-refractivity contribution in [3.05, 3.63) is 35.9 Å². The number of thioether (sulfide) groups is 1. The molecule has 0 saturated heterocycles. The minimum absolute atomic E-state index is 0. The molecule has 76 valence electrons. The maximum absolute atomic E-state index is 4.32. The minimum atomic E-state index is 0. The Hall–Kier alpha value is -0.670. The Bertz CT molecular complexity index is 300. The van der Waals surface area contributed by atoms with E-state index in [9.17, 15) is 0 Å². The van der Waals surface area contributed by atoms with Gasteiger partial charge in [-0.1, -0.05) is 42.1 Å². The second kappa shape index (κ2) is 5.94. The largest absolute Gasteiger partial charge is 1.00 e. The third kappa shape index (κ3) is 3.24. The molecule has 0 amide bonds. The van der Waals surface area contributed by atoms with Crippen LogP contribution in [0.1, 0.15) is 5.56 Å². The van der Waals surface area contributed by atoms with Crippen molar-refractivity contribution in [3.63, 3.8) is 0 Å². The van der Waals surface area contributed by atoms with E-state index in [4.69, 9.17) is 0 Å². The molecule has 0 aliphatic carbocycles. The van der Waals surface area contributed by atoms with Crippen LogP contribution in [0.2, 0.25) is 0 Å². The summed E-state index contributed by atoms with van der Waals surface area (Å²) in [5.74, 6) is 1.01. The van der Waals surface area contributed by atoms with Crippen LogP contribution in [0.5, 0.6) is 0 Å². The molecule has 1 aliphatic heterocycles. The molecule has 0 radical (unpaired) electrons. The van der Waals surface area contributed by atoms with Crippen molar-refractivity contribution in [2.75, 3.05) is 13.1 Å². The molecule has 0 spiro atoms. The number of nitrogens with one attached hydrogen (secondary N) is 1. The van der Waals surface area contributed by atoms with Crippen LogP contribution in [0.3, 0.4) is 0 Å². The lowest BCUT2D eigenvalue weighted by atomic mass is 10.2. The Morgan fingerprint density at radius 2 is 2.07 bits per heavy atom. The van der Waals surface area contributed by atoms with Gasteiger partial charge in [0.1, 0.15) is 0 Å². The molecule has 4 heteroatoms. The highest BCUT2D eigenvalue weighted by atomic mass is 35.5. The highest BCUT2D eigenvalue weighted by Crippen LogP contribution is 2.13. The summed E-state index contributed by atoms with van der Waals surface area (Å²) in [4.78, 5) is 4.32. The molecule has 0 unspecified atom stereocenters. The van der Waals surface area contributed by atoms with E-state index in [0.29, 0.717) is 0 Å². The molecule has 1 heterocycles. The molecule has 0 fully saturated rings. The first kappa shape index (κ1) is 11.4. The van der Waals surface area contributed by atoms with E-state index in [0.717, 1.165) is 24.0 Å². The number of aliphatic imine (C=N–C) groups is 1. The van der Waals surface area contributed by atoms with Gasteiger partial charge in [-0.05, 0) is 5.56 Å². The lowest BCUT2D eigenvalue weighted by molar-refractivity contribution is -0.00000263. The van der Waals surface area contributed by atoms with Gasteiger partial charge < -0.3 is 17.7 Å². The summed E-state index contributed by atoms with van der Waals surface area (Å²) in [5, 5.41) is 4.33. The van der Waals surface area contributed by atoms with Crippen molar-refractivity contribution >= 4 is 16.9 Å². The zero-order valence-electron chi connectivity index (χ0n) is 7.74. The highest BCUT2D eigenvalue weighted by molar-refractivity contribution is 8.13. The van der Waals surface area contributed by atoms with E-state index in [1.165, 1.54) is 5.56 Å². The summed E-state index contributed by atoms with van der Waals surface area (Å²) in [7, 11) is 0. The molecule has 1 N–H and O–H groups in total. The van der Waals surface area contributed by atoms with Crippen LogP contribution in [0.25, 0.3) is 0 Å². The number of hydrogen-bond acceptors (Lipinski definition) is 3. The molecule has 0 saturated carbocycles. The summed E-state index contributed by atoms with van der Waals surface area (Å²) in [6.07, 6.45) is 0. The number of rotatable bonds is 2. The smallest absolute Gasteiger partial charge is 0.157 e. The topological polar surface area (TPSA) is 24.4 Å². The maximum atomic E-state index is 4.32. The molecule has 1 aromatic rings. The molecule has 2 rings (SSSR count). The molecule has 0 atom stereocenters. The standard InChI is InChI=1S/C10H12N2S.ClH/c1-2-4-9(5-3-1)8-13-10-11-6-7-12-10;/h1-5H,6-8H2,(H,11,12);1H/p-1. The highest BCUT2D eigenvalue weighted by Gasteiger charge is 2.04. The first-order valence-corrected chi connectivity index (χ1v) is 5.39. The Kier molecular flexibility index (Phi) is 4.84. The van der Waals surface area contributed by atoms with E-state index in [1.54, 1.807) is 11.8 Å². The summed E-state index contributed by atoms with van der Waals surface area (Å²) < 4.78 is 0. The van der Waals surface area contributed by atoms with Crippen molar-refractivity contribution in [2.45, 2.75) is 5.75 Å². The fourth-order valence-corrected chi connectivity index (χ4v) is 2.08. The molecule has 0 aromatic heterocycles. The number of nitrogens with zero attached hydrogens (tertiary/aromatic N) is 1. The number of hydrogen-bond donors (Lipinski definition) is 1. The lowest BCUT2D eigenvalue weighted by Gasteiger charge is -2.01. The van der Waals surface area contributed by atoms with Crippen LogP contribution in [0, 0.1) is 0 Å². The van der Waals surface area contributed by atoms with Crippen LogP contribution in [-0.4, -0.2) is 18.3 Å². The van der Waals surface area contributed by atoms with E-state index in [-0.39, 0.29) is 12.4 Å². The lowest BCUT2D eigenvalue weighted by Crippen LogP contribution is -3.00. The van der Waals surface area contributed by atoms with E-state index in [2.05, 4.69) is 34.6 Å². The second-order valence-corrected chi connectivity index (χ2v) is 3.85. The van der Waals surface area contributed by atoms with Gasteiger partial charge >= 0.3 is 0 Å². The Balaban J connectivity index is 0.000000980. The average Bonchev–Trinajstić information content (AvgIpc) is 2.69. The minimum Gasteiger partial charge on any atom is -1.00 e. The first-order valence-electron chi connectivity index (χ1n) is 4.40. The second-order valence-electron chi connectivity index (χ2n) is 2.89. The molecular formula is C10H12ClN2S-. The Morgan fingerprint density at radius 1 is 1.29 bits per heavy atom. The normalized spacial score (nSPS) is 14.1. The Morgan fingerprint density at radius 3 is 2.71 bits per heavy atom. The van der Waals surface area contributed by atoms with E-state index < -0.39 is 0 Å². The van der Waals surface area contributed by atoms with Gasteiger partial charge in [0.15, 0.2) is 5.17 Å². The van der Waals surface area contributed by atoms with Crippen LogP contribution in [0.4, 0.5) is 0 Å². The number of benzene rings is 1. The van der Waals surface area contributed by atoms with Crippen LogP contribution in [0.15, 0.2) is 35.3 Å². The van der Waals surface area contributed by atoms with Gasteiger partial charge in [0, 0.05) is 12.3 Å². The molecule has 14 heavy (non-hydrogen) atoms. The van der Waals surface area contributed by atoms with Gasteiger partial charge in [-0.15, -0.1) is 0 Å². The van der Waals surface area contributed by atoms with Gasteiger partial charge in [-0.2, -0.15) is 0 Å². The quantitative estimate of drug-likeness (QED) is 0.693. The summed E-state index contributed by atoms with van der Waals surface area (Å²) in [6, 6.07) is 10.5. The number of halogens is 1. The van der Waals surface area contributed by atoms with Crippen LogP contribution in [-0.2, 0) is 5.75 Å². The zero-order valence-corrected chi connectivity index (χ0v) is 9.31. The van der Waals surface area contributed by atoms with Gasteiger partial charge in [0.05, 0.1) is 6.54 Å². The molecule has 0 bridgehead atoms. The fourth-order valence-electron chi connectivity index (χ4n) is 1.20. The van der Waals surface area contributed by atoms with Gasteiger partial charge in [0.25, 0.3) is 0 Å². The first-order chi connectivity index (χ1) is 6.45. The maximum Gasteiger partial charge on any atom is 0.157 e. The van der Waals surface area contributed by atoms with Crippen molar-refractivity contribution in [1.82, 2.24) is 5.32 Å². The molecule has 2 nitrogen and oxygen atoms in total. The van der Waals surface area contributed by atoms with Crippen molar-refractivity contribution in [1.29, 1.82) is 0 Å². The summed E-state index contributed by atoms with van der Waals surface area (Å²) in [5.41, 5.74) is 1.35. The van der Waals surface area contributed by atoms with Crippen molar-refractivity contribution < 1.29 is 12.4 Å². The van der Waals surface area contributed by atoms with Crippen molar-refractivity contribution in [3.8, 4) is 0 Å².